The van der Waals surface area contributed by atoms with Gasteiger partial charge in [-0.3, -0.25) is 14.6 Å². The van der Waals surface area contributed by atoms with Gasteiger partial charge < -0.3 is 10.6 Å². The van der Waals surface area contributed by atoms with Crippen LogP contribution in [0.15, 0.2) is 73.1 Å². The summed E-state index contributed by atoms with van der Waals surface area (Å²) in [7, 11) is 0. The summed E-state index contributed by atoms with van der Waals surface area (Å²) in [4.78, 5) is 28.1. The van der Waals surface area contributed by atoms with Crippen LogP contribution in [0, 0.1) is 5.82 Å². The van der Waals surface area contributed by atoms with Gasteiger partial charge in [0.05, 0.1) is 0 Å². The van der Waals surface area contributed by atoms with E-state index in [0.29, 0.717) is 29.8 Å². The molecule has 142 valence electrons. The number of amides is 2. The van der Waals surface area contributed by atoms with Crippen molar-refractivity contribution in [2.75, 3.05) is 5.32 Å². The first-order valence-corrected chi connectivity index (χ1v) is 8.92. The minimum Gasteiger partial charge on any atom is -0.352 e. The highest BCUT2D eigenvalue weighted by atomic mass is 19.1. The van der Waals surface area contributed by atoms with Gasteiger partial charge in [-0.1, -0.05) is 30.3 Å². The number of aromatic nitrogens is 1. The van der Waals surface area contributed by atoms with E-state index in [0.717, 1.165) is 5.56 Å². The highest BCUT2D eigenvalue weighted by molar-refractivity contribution is 6.04. The third kappa shape index (κ3) is 5.48. The van der Waals surface area contributed by atoms with E-state index in [4.69, 9.17) is 0 Å². The Bertz CT molecular complexity index is 944. The zero-order valence-electron chi connectivity index (χ0n) is 15.2. The van der Waals surface area contributed by atoms with Gasteiger partial charge in [-0.2, -0.15) is 0 Å². The van der Waals surface area contributed by atoms with Gasteiger partial charge in [0.15, 0.2) is 0 Å². The molecule has 0 radical (unpaired) electrons. The molecule has 2 N–H and O–H groups in total. The van der Waals surface area contributed by atoms with Gasteiger partial charge in [-0.05, 0) is 47.9 Å². The van der Waals surface area contributed by atoms with Crippen molar-refractivity contribution in [3.63, 3.8) is 0 Å². The molecule has 3 rings (SSSR count). The van der Waals surface area contributed by atoms with Crippen LogP contribution in [0.5, 0.6) is 0 Å². The van der Waals surface area contributed by atoms with Gasteiger partial charge in [0.2, 0.25) is 5.91 Å². The van der Waals surface area contributed by atoms with Crippen LogP contribution in [0.2, 0.25) is 0 Å². The number of nitrogens with one attached hydrogen (secondary N) is 2. The minimum absolute atomic E-state index is 0.150. The second-order valence-corrected chi connectivity index (χ2v) is 6.26. The number of hydrogen-bond acceptors (Lipinski definition) is 3. The molecule has 0 unspecified atom stereocenters. The molecule has 0 aliphatic heterocycles. The van der Waals surface area contributed by atoms with E-state index in [1.54, 1.807) is 67.0 Å². The Kier molecular flexibility index (Phi) is 6.46. The number of benzene rings is 2. The first-order valence-electron chi connectivity index (χ1n) is 8.92. The summed E-state index contributed by atoms with van der Waals surface area (Å²) in [5.74, 6) is -0.662. The van der Waals surface area contributed by atoms with Crippen molar-refractivity contribution < 1.29 is 14.0 Å². The second-order valence-electron chi connectivity index (χ2n) is 6.26. The lowest BCUT2D eigenvalue weighted by Crippen LogP contribution is -2.23. The van der Waals surface area contributed by atoms with Crippen LogP contribution in [0.25, 0.3) is 0 Å². The average molecular weight is 377 g/mol. The average Bonchev–Trinajstić information content (AvgIpc) is 2.73. The van der Waals surface area contributed by atoms with Crippen molar-refractivity contribution in [3.05, 3.63) is 95.6 Å². The van der Waals surface area contributed by atoms with Gasteiger partial charge in [-0.25, -0.2) is 4.39 Å². The fourth-order valence-electron chi connectivity index (χ4n) is 2.65. The number of carbonyl (C=O) groups excluding carboxylic acids is 2. The number of hydrogen-bond donors (Lipinski definition) is 2. The molecule has 2 aromatic carbocycles. The minimum atomic E-state index is -0.295. The van der Waals surface area contributed by atoms with E-state index >= 15 is 0 Å². The number of halogens is 1. The lowest BCUT2D eigenvalue weighted by Gasteiger charge is -2.08. The summed E-state index contributed by atoms with van der Waals surface area (Å²) in [5, 5.41) is 5.59. The maximum Gasteiger partial charge on any atom is 0.255 e. The topological polar surface area (TPSA) is 71.1 Å². The SMILES string of the molecule is O=C(CCc1ccccc1F)NCc1ccc(C(=O)Nc2ccncc2)cc1. The molecule has 0 saturated heterocycles. The normalized spacial score (nSPS) is 10.3. The van der Waals surface area contributed by atoms with Crippen LogP contribution in [0.4, 0.5) is 10.1 Å². The second kappa shape index (κ2) is 9.41. The molecule has 2 amide bonds. The van der Waals surface area contributed by atoms with Crippen molar-refractivity contribution in [1.82, 2.24) is 10.3 Å². The van der Waals surface area contributed by atoms with E-state index in [-0.39, 0.29) is 24.1 Å². The van der Waals surface area contributed by atoms with E-state index < -0.39 is 0 Å². The zero-order valence-corrected chi connectivity index (χ0v) is 15.2. The van der Waals surface area contributed by atoms with Gasteiger partial charge in [-0.15, -0.1) is 0 Å². The molecule has 0 atom stereocenters. The fraction of sp³-hybridized carbons (Fsp3) is 0.136. The van der Waals surface area contributed by atoms with Gasteiger partial charge in [0, 0.05) is 36.6 Å². The molecule has 0 aliphatic rings. The van der Waals surface area contributed by atoms with E-state index in [2.05, 4.69) is 15.6 Å². The Morgan fingerprint density at radius 2 is 1.64 bits per heavy atom. The summed E-state index contributed by atoms with van der Waals surface area (Å²) >= 11 is 0. The Labute approximate surface area is 162 Å². The lowest BCUT2D eigenvalue weighted by atomic mass is 10.1. The number of rotatable bonds is 7. The Balaban J connectivity index is 1.47. The summed E-state index contributed by atoms with van der Waals surface area (Å²) in [5.41, 5.74) is 2.60. The molecular weight excluding hydrogens is 357 g/mol. The molecule has 0 bridgehead atoms. The first-order chi connectivity index (χ1) is 13.6. The molecule has 0 saturated carbocycles. The Hall–Kier alpha value is -3.54. The largest absolute Gasteiger partial charge is 0.352 e. The number of pyridine rings is 1. The van der Waals surface area contributed by atoms with Crippen LogP contribution in [-0.2, 0) is 17.8 Å². The van der Waals surface area contributed by atoms with Crippen LogP contribution in [0.1, 0.15) is 27.9 Å². The molecule has 6 heteroatoms. The quantitative estimate of drug-likeness (QED) is 0.659. The molecular formula is C22H20FN3O2. The monoisotopic (exact) mass is 377 g/mol. The van der Waals surface area contributed by atoms with E-state index in [9.17, 15) is 14.0 Å². The summed E-state index contributed by atoms with van der Waals surface area (Å²) in [6, 6.07) is 16.9. The maximum atomic E-state index is 13.6. The third-order valence-electron chi connectivity index (χ3n) is 4.22. The van der Waals surface area contributed by atoms with Crippen molar-refractivity contribution in [2.45, 2.75) is 19.4 Å². The number of carbonyl (C=O) groups is 2. The Morgan fingerprint density at radius 1 is 0.929 bits per heavy atom. The predicted octanol–water partition coefficient (Wildman–Crippen LogP) is 3.72. The summed E-state index contributed by atoms with van der Waals surface area (Å²) < 4.78 is 13.6. The van der Waals surface area contributed by atoms with Crippen LogP contribution >= 0.6 is 0 Å². The van der Waals surface area contributed by atoms with Crippen LogP contribution in [-0.4, -0.2) is 16.8 Å². The molecule has 0 spiro atoms. The zero-order chi connectivity index (χ0) is 19.8. The third-order valence-corrected chi connectivity index (χ3v) is 4.22. The lowest BCUT2D eigenvalue weighted by molar-refractivity contribution is -0.121. The number of aryl methyl sites for hydroxylation is 1. The van der Waals surface area contributed by atoms with Gasteiger partial charge >= 0.3 is 0 Å². The molecule has 0 fully saturated rings. The Morgan fingerprint density at radius 3 is 2.36 bits per heavy atom. The summed E-state index contributed by atoms with van der Waals surface area (Å²) in [6.45, 7) is 0.350. The van der Waals surface area contributed by atoms with Crippen molar-refractivity contribution in [3.8, 4) is 0 Å². The van der Waals surface area contributed by atoms with E-state index in [1.165, 1.54) is 6.07 Å². The van der Waals surface area contributed by atoms with Crippen molar-refractivity contribution in [1.29, 1.82) is 0 Å². The smallest absolute Gasteiger partial charge is 0.255 e. The highest BCUT2D eigenvalue weighted by Crippen LogP contribution is 2.11. The number of anilines is 1. The van der Waals surface area contributed by atoms with Crippen LogP contribution < -0.4 is 10.6 Å². The number of nitrogens with zero attached hydrogens (tertiary/aromatic N) is 1. The van der Waals surface area contributed by atoms with Crippen LogP contribution in [0.3, 0.4) is 0 Å². The van der Waals surface area contributed by atoms with E-state index in [1.807, 2.05) is 0 Å². The molecule has 1 aromatic heterocycles. The van der Waals surface area contributed by atoms with Gasteiger partial charge in [0.1, 0.15) is 5.82 Å². The predicted molar refractivity (Wildman–Crippen MR) is 105 cm³/mol. The summed E-state index contributed by atoms with van der Waals surface area (Å²) in [6.07, 6.45) is 3.78. The molecule has 0 aliphatic carbocycles. The van der Waals surface area contributed by atoms with Crippen molar-refractivity contribution >= 4 is 17.5 Å². The van der Waals surface area contributed by atoms with Crippen molar-refractivity contribution in [2.24, 2.45) is 0 Å². The van der Waals surface area contributed by atoms with Gasteiger partial charge in [0.25, 0.3) is 5.91 Å². The molecule has 3 aromatic rings. The molecule has 5 nitrogen and oxygen atoms in total. The highest BCUT2D eigenvalue weighted by Gasteiger charge is 2.08. The fourth-order valence-corrected chi connectivity index (χ4v) is 2.65. The first kappa shape index (κ1) is 19.2. The standard InChI is InChI=1S/C22H20FN3O2/c23-20-4-2-1-3-17(20)9-10-21(27)25-15-16-5-7-18(8-6-16)22(28)26-19-11-13-24-14-12-19/h1-8,11-14H,9-10,15H2,(H,25,27)(H,24,26,28). The molecule has 28 heavy (non-hydrogen) atoms. The maximum absolute atomic E-state index is 13.6. The molecule has 1 heterocycles.